The molecule has 3 heterocycles. The number of allylic oxidation sites excluding steroid dienone is 3. The first kappa shape index (κ1) is 19.2. The number of benzene rings is 1. The van der Waals surface area contributed by atoms with Gasteiger partial charge in [0.1, 0.15) is 11.5 Å². The molecule has 0 radical (unpaired) electrons. The van der Waals surface area contributed by atoms with Gasteiger partial charge in [0.25, 0.3) is 11.8 Å². The predicted molar refractivity (Wildman–Crippen MR) is 122 cm³/mol. The highest BCUT2D eigenvalue weighted by Gasteiger charge is 2.35. The number of aromatic amines is 1. The molecule has 3 aromatic rings. The highest BCUT2D eigenvalue weighted by Crippen LogP contribution is 2.36. The Bertz CT molecular complexity index is 1330. The number of nitrogens with one attached hydrogen (secondary N) is 3. The van der Waals surface area contributed by atoms with Crippen LogP contribution < -0.4 is 10.6 Å². The van der Waals surface area contributed by atoms with Crippen LogP contribution in [0.5, 0.6) is 0 Å². The first-order valence-corrected chi connectivity index (χ1v) is 10.1. The van der Waals surface area contributed by atoms with E-state index in [1.54, 1.807) is 12.1 Å². The van der Waals surface area contributed by atoms with Crippen LogP contribution in [-0.2, 0) is 5.54 Å². The van der Waals surface area contributed by atoms with Crippen LogP contribution in [0, 0.1) is 0 Å². The molecule has 6 nitrogen and oxygen atoms in total. The van der Waals surface area contributed by atoms with Crippen LogP contribution in [0.3, 0.4) is 0 Å². The maximum Gasteiger partial charge on any atom is 0.257 e. The Morgan fingerprint density at radius 2 is 2.10 bits per heavy atom. The number of carbonyl (C=O) groups excluding carboxylic acids is 2. The zero-order chi connectivity index (χ0) is 21.8. The second-order valence-electron chi connectivity index (χ2n) is 8.41. The molecular weight excluding hydrogens is 395 g/mol. The average molecular weight is 423 g/mol. The number of amides is 2. The average Bonchev–Trinajstić information content (AvgIpc) is 3.25. The summed E-state index contributed by atoms with van der Waals surface area (Å²) in [6, 6.07) is 7.50. The van der Waals surface area contributed by atoms with Gasteiger partial charge in [0.15, 0.2) is 0 Å². The largest absolute Gasteiger partial charge is 0.346 e. The second kappa shape index (κ2) is 6.91. The lowest BCUT2D eigenvalue weighted by molar-refractivity contribution is 0.0937. The van der Waals surface area contributed by atoms with E-state index in [-0.39, 0.29) is 21.9 Å². The van der Waals surface area contributed by atoms with Gasteiger partial charge in [0.2, 0.25) is 0 Å². The molecule has 0 fully saturated rings. The van der Waals surface area contributed by atoms with Crippen LogP contribution in [0.2, 0.25) is 0 Å². The summed E-state index contributed by atoms with van der Waals surface area (Å²) >= 11 is 0. The van der Waals surface area contributed by atoms with Crippen LogP contribution in [0.1, 0.15) is 57.2 Å². The van der Waals surface area contributed by atoms with E-state index in [4.69, 9.17) is 0 Å². The van der Waals surface area contributed by atoms with Crippen molar-refractivity contribution in [1.82, 2.24) is 20.6 Å². The number of hydrogen-bond donors (Lipinski definition) is 3. The van der Waals surface area contributed by atoms with E-state index in [0.717, 1.165) is 22.1 Å². The van der Waals surface area contributed by atoms with Gasteiger partial charge in [-0.25, -0.2) is 9.37 Å². The van der Waals surface area contributed by atoms with E-state index in [1.165, 1.54) is 12.3 Å². The summed E-state index contributed by atoms with van der Waals surface area (Å²) in [6.07, 6.45) is 7.41. The number of halogens is 1. The third-order valence-corrected chi connectivity index (χ3v) is 5.79. The van der Waals surface area contributed by atoms with Crippen molar-refractivity contribution in [3.63, 3.8) is 0 Å². The fourth-order valence-electron chi connectivity index (χ4n) is 4.17. The molecule has 0 saturated heterocycles. The number of aromatic nitrogens is 2. The molecule has 0 bridgehead atoms. The van der Waals surface area contributed by atoms with Gasteiger partial charge in [0, 0.05) is 45.3 Å². The minimum Gasteiger partial charge on any atom is -0.346 e. The van der Waals surface area contributed by atoms with E-state index < -0.39 is 5.54 Å². The Balaban J connectivity index is 0.00000136. The number of hydrogen-bond acceptors (Lipinski definition) is 3. The molecule has 0 saturated carbocycles. The fraction of sp³-hybridized carbons (Fsp3) is 0.208. The molecule has 1 aliphatic carbocycles. The molecular formula is C24H27FN4O2. The summed E-state index contributed by atoms with van der Waals surface area (Å²) < 4.78 is 13.5. The molecule has 1 aliphatic heterocycles. The van der Waals surface area contributed by atoms with E-state index >= 15 is 0 Å². The maximum atomic E-state index is 13.5. The first-order chi connectivity index (χ1) is 14.8. The SMILES string of the molecule is CC1(C)NC(=O)c2ccc(-c3c[nH]c4ncc(C(=O)NC5=CCCC(F)=C5)cc34)cc21.[HH].[HH].[HH]. The van der Waals surface area contributed by atoms with Gasteiger partial charge >= 0.3 is 0 Å². The van der Waals surface area contributed by atoms with E-state index in [2.05, 4.69) is 20.6 Å². The van der Waals surface area contributed by atoms with Gasteiger partial charge < -0.3 is 15.6 Å². The molecule has 2 aromatic heterocycles. The third kappa shape index (κ3) is 3.32. The second-order valence-corrected chi connectivity index (χ2v) is 8.41. The summed E-state index contributed by atoms with van der Waals surface area (Å²) in [4.78, 5) is 32.4. The molecule has 3 N–H and O–H groups in total. The van der Waals surface area contributed by atoms with Gasteiger partial charge in [-0.05, 0) is 55.7 Å². The summed E-state index contributed by atoms with van der Waals surface area (Å²) in [5.41, 5.74) is 4.47. The normalized spacial score (nSPS) is 17.1. The third-order valence-electron chi connectivity index (χ3n) is 5.79. The Labute approximate surface area is 182 Å². The lowest BCUT2D eigenvalue weighted by Crippen LogP contribution is -2.32. The molecule has 7 heteroatoms. The Kier molecular flexibility index (Phi) is 4.28. The zero-order valence-corrected chi connectivity index (χ0v) is 17.2. The summed E-state index contributed by atoms with van der Waals surface area (Å²) in [5, 5.41) is 6.52. The fourth-order valence-corrected chi connectivity index (χ4v) is 4.17. The molecule has 0 atom stereocenters. The minimum absolute atomic E-state index is 0. The van der Waals surface area contributed by atoms with Crippen molar-refractivity contribution in [2.24, 2.45) is 0 Å². The molecule has 0 unspecified atom stereocenters. The van der Waals surface area contributed by atoms with Gasteiger partial charge in [-0.15, -0.1) is 0 Å². The smallest absolute Gasteiger partial charge is 0.257 e. The number of nitrogens with zero attached hydrogens (tertiary/aromatic N) is 1. The topological polar surface area (TPSA) is 86.9 Å². The van der Waals surface area contributed by atoms with Gasteiger partial charge in [-0.1, -0.05) is 12.1 Å². The summed E-state index contributed by atoms with van der Waals surface area (Å²) in [6.45, 7) is 3.94. The molecule has 2 aliphatic rings. The first-order valence-electron chi connectivity index (χ1n) is 10.1. The molecule has 0 spiro atoms. The van der Waals surface area contributed by atoms with Crippen molar-refractivity contribution in [2.45, 2.75) is 32.2 Å². The van der Waals surface area contributed by atoms with Crippen molar-refractivity contribution in [2.75, 3.05) is 0 Å². The van der Waals surface area contributed by atoms with Crippen LogP contribution in [0.25, 0.3) is 22.2 Å². The van der Waals surface area contributed by atoms with Crippen molar-refractivity contribution < 1.29 is 18.3 Å². The highest BCUT2D eigenvalue weighted by atomic mass is 19.1. The predicted octanol–water partition coefficient (Wildman–Crippen LogP) is 5.21. The molecule has 1 aromatic carbocycles. The zero-order valence-electron chi connectivity index (χ0n) is 17.2. The number of carbonyl (C=O) groups is 2. The van der Waals surface area contributed by atoms with Crippen molar-refractivity contribution in [3.8, 4) is 11.1 Å². The standard InChI is InChI=1S/C24H21FN4O2.3H2/c1-24(2)20-9-13(6-7-17(20)23(31)29-24)19-12-27-21-18(19)8-14(11-26-21)22(30)28-16-5-3-4-15(25)10-16;;;/h5-12H,3-4H2,1-2H3,(H,26,27)(H,28,30)(H,29,31);3*1H. The van der Waals surface area contributed by atoms with Crippen LogP contribution in [0.15, 0.2) is 60.3 Å². The van der Waals surface area contributed by atoms with Gasteiger partial charge in [-0.3, -0.25) is 9.59 Å². The summed E-state index contributed by atoms with van der Waals surface area (Å²) in [5.74, 6) is -0.663. The minimum atomic E-state index is -0.450. The summed E-state index contributed by atoms with van der Waals surface area (Å²) in [7, 11) is 0. The lowest BCUT2D eigenvalue weighted by Gasteiger charge is -2.19. The molecule has 31 heavy (non-hydrogen) atoms. The van der Waals surface area contributed by atoms with E-state index in [0.29, 0.717) is 35.3 Å². The Morgan fingerprint density at radius 3 is 2.90 bits per heavy atom. The van der Waals surface area contributed by atoms with Gasteiger partial charge in [0.05, 0.1) is 11.1 Å². The van der Waals surface area contributed by atoms with E-state index in [9.17, 15) is 14.0 Å². The molecule has 5 rings (SSSR count). The van der Waals surface area contributed by atoms with Crippen LogP contribution >= 0.6 is 0 Å². The van der Waals surface area contributed by atoms with Crippen molar-refractivity contribution in [1.29, 1.82) is 0 Å². The Hall–Kier alpha value is -3.74. The number of fused-ring (bicyclic) bond motifs is 2. The highest BCUT2D eigenvalue weighted by molar-refractivity contribution is 6.03. The van der Waals surface area contributed by atoms with Gasteiger partial charge in [-0.2, -0.15) is 0 Å². The monoisotopic (exact) mass is 422 g/mol. The van der Waals surface area contributed by atoms with Crippen molar-refractivity contribution in [3.05, 3.63) is 77.0 Å². The molecule has 162 valence electrons. The van der Waals surface area contributed by atoms with E-state index in [1.807, 2.05) is 38.2 Å². The van der Waals surface area contributed by atoms with Crippen LogP contribution in [0.4, 0.5) is 4.39 Å². The molecule has 2 amide bonds. The Morgan fingerprint density at radius 1 is 1.26 bits per heavy atom. The number of H-pyrrole nitrogens is 1. The lowest BCUT2D eigenvalue weighted by atomic mass is 9.91. The van der Waals surface area contributed by atoms with Crippen LogP contribution in [-0.4, -0.2) is 21.8 Å². The quantitative estimate of drug-likeness (QED) is 0.542. The maximum absolute atomic E-state index is 13.5. The van der Waals surface area contributed by atoms with Crippen molar-refractivity contribution >= 4 is 22.8 Å². The number of rotatable bonds is 3. The number of pyridine rings is 1.